The summed E-state index contributed by atoms with van der Waals surface area (Å²) >= 11 is 0. The molecule has 0 radical (unpaired) electrons. The highest BCUT2D eigenvalue weighted by molar-refractivity contribution is 5.98. The van der Waals surface area contributed by atoms with Crippen LogP contribution in [0.4, 0.5) is 11.4 Å². The van der Waals surface area contributed by atoms with Gasteiger partial charge in [-0.15, -0.1) is 0 Å². The van der Waals surface area contributed by atoms with E-state index in [-0.39, 0.29) is 24.3 Å². The molecule has 0 saturated carbocycles. The zero-order chi connectivity index (χ0) is 24.2. The van der Waals surface area contributed by atoms with E-state index in [1.165, 1.54) is 0 Å². The van der Waals surface area contributed by atoms with Crippen molar-refractivity contribution >= 4 is 29.1 Å². The molecule has 3 rings (SSSR count). The van der Waals surface area contributed by atoms with Gasteiger partial charge in [0.15, 0.2) is 0 Å². The molecular weight excluding hydrogens is 428 g/mol. The van der Waals surface area contributed by atoms with Gasteiger partial charge in [-0.05, 0) is 48.4 Å². The van der Waals surface area contributed by atoms with E-state index in [1.54, 1.807) is 48.5 Å². The topological polar surface area (TPSA) is 99.3 Å². The van der Waals surface area contributed by atoms with Crippen LogP contribution in [0.15, 0.2) is 78.9 Å². The third kappa shape index (κ3) is 7.78. The highest BCUT2D eigenvalue weighted by atomic mass is 16.2. The fourth-order valence-electron chi connectivity index (χ4n) is 3.26. The number of unbranched alkanes of at least 4 members (excludes halogenated alkanes) is 1. The first-order valence-electron chi connectivity index (χ1n) is 11.4. The zero-order valence-corrected chi connectivity index (χ0v) is 19.3. The molecule has 7 nitrogen and oxygen atoms in total. The monoisotopic (exact) mass is 458 g/mol. The largest absolute Gasteiger partial charge is 0.376 e. The minimum atomic E-state index is -0.264. The third-order valence-corrected chi connectivity index (χ3v) is 5.10. The molecule has 0 atom stereocenters. The lowest BCUT2D eigenvalue weighted by Crippen LogP contribution is -2.25. The van der Waals surface area contributed by atoms with Crippen LogP contribution in [0.1, 0.15) is 46.0 Å². The summed E-state index contributed by atoms with van der Waals surface area (Å²) in [4.78, 5) is 37.1. The van der Waals surface area contributed by atoms with Crippen LogP contribution in [0, 0.1) is 0 Å². The van der Waals surface area contributed by atoms with Crippen LogP contribution < -0.4 is 21.3 Å². The molecule has 3 amide bonds. The van der Waals surface area contributed by atoms with Crippen LogP contribution in [-0.4, -0.2) is 30.8 Å². The molecule has 0 aliphatic heterocycles. The predicted molar refractivity (Wildman–Crippen MR) is 135 cm³/mol. The van der Waals surface area contributed by atoms with E-state index in [4.69, 9.17) is 0 Å². The van der Waals surface area contributed by atoms with Gasteiger partial charge < -0.3 is 21.3 Å². The lowest BCUT2D eigenvalue weighted by molar-refractivity contribution is -0.114. The summed E-state index contributed by atoms with van der Waals surface area (Å²) in [6.45, 7) is 3.15. The predicted octanol–water partition coefficient (Wildman–Crippen LogP) is 4.20. The first-order chi connectivity index (χ1) is 16.5. The van der Waals surface area contributed by atoms with E-state index < -0.39 is 0 Å². The first kappa shape index (κ1) is 24.5. The number of hydrogen-bond donors (Lipinski definition) is 4. The van der Waals surface area contributed by atoms with E-state index in [9.17, 15) is 14.4 Å². The Morgan fingerprint density at radius 2 is 1.38 bits per heavy atom. The molecule has 0 aliphatic rings. The standard InChI is InChI=1S/C27H30N4O3/c1-2-3-15-28-26(33)21-11-7-13-23(16-21)29-19-25(32)31-24-14-8-12-22(17-24)27(34)30-18-20-9-5-4-6-10-20/h4-14,16-17,29H,2-3,15,18-19H2,1H3,(H,28,33)(H,30,34)(H,31,32). The van der Waals surface area contributed by atoms with E-state index in [2.05, 4.69) is 28.2 Å². The van der Waals surface area contributed by atoms with Gasteiger partial charge in [-0.3, -0.25) is 14.4 Å². The van der Waals surface area contributed by atoms with Crippen molar-refractivity contribution in [2.75, 3.05) is 23.7 Å². The van der Waals surface area contributed by atoms with Gasteiger partial charge in [-0.1, -0.05) is 55.8 Å². The molecule has 0 heterocycles. The normalized spacial score (nSPS) is 10.3. The van der Waals surface area contributed by atoms with Crippen LogP contribution in [-0.2, 0) is 11.3 Å². The van der Waals surface area contributed by atoms with Gasteiger partial charge >= 0.3 is 0 Å². The Morgan fingerprint density at radius 1 is 0.735 bits per heavy atom. The number of hydrogen-bond acceptors (Lipinski definition) is 4. The minimum Gasteiger partial charge on any atom is -0.376 e. The van der Waals surface area contributed by atoms with Crippen molar-refractivity contribution in [1.29, 1.82) is 0 Å². The summed E-state index contributed by atoms with van der Waals surface area (Å²) in [6.07, 6.45) is 1.94. The summed E-state index contributed by atoms with van der Waals surface area (Å²) in [7, 11) is 0. The summed E-state index contributed by atoms with van der Waals surface area (Å²) in [5.74, 6) is -0.615. The highest BCUT2D eigenvalue weighted by Gasteiger charge is 2.09. The maximum absolute atomic E-state index is 12.5. The van der Waals surface area contributed by atoms with Crippen LogP contribution in [0.5, 0.6) is 0 Å². The molecule has 0 saturated heterocycles. The third-order valence-electron chi connectivity index (χ3n) is 5.10. The maximum atomic E-state index is 12.5. The number of anilines is 2. The van der Waals surface area contributed by atoms with Gasteiger partial charge in [0.1, 0.15) is 0 Å². The Hall–Kier alpha value is -4.13. The second-order valence-electron chi connectivity index (χ2n) is 7.84. The molecule has 7 heteroatoms. The Labute approximate surface area is 200 Å². The fourth-order valence-corrected chi connectivity index (χ4v) is 3.26. The molecule has 176 valence electrons. The second-order valence-corrected chi connectivity index (χ2v) is 7.84. The summed E-state index contributed by atoms with van der Waals surface area (Å²) < 4.78 is 0. The van der Waals surface area contributed by atoms with E-state index in [1.807, 2.05) is 30.3 Å². The molecule has 0 fully saturated rings. The smallest absolute Gasteiger partial charge is 0.251 e. The SMILES string of the molecule is CCCCNC(=O)c1cccc(NCC(=O)Nc2cccc(C(=O)NCc3ccccc3)c2)c1. The zero-order valence-electron chi connectivity index (χ0n) is 19.3. The van der Waals surface area contributed by atoms with E-state index >= 15 is 0 Å². The summed E-state index contributed by atoms with van der Waals surface area (Å²) in [5, 5.41) is 11.6. The number of carbonyl (C=O) groups excluding carboxylic acids is 3. The Bertz CT molecular complexity index is 1120. The summed E-state index contributed by atoms with van der Waals surface area (Å²) in [5.41, 5.74) is 3.21. The lowest BCUT2D eigenvalue weighted by Gasteiger charge is -2.11. The van der Waals surface area contributed by atoms with Gasteiger partial charge in [0.05, 0.1) is 6.54 Å². The lowest BCUT2D eigenvalue weighted by atomic mass is 10.1. The van der Waals surface area contributed by atoms with Crippen molar-refractivity contribution in [3.05, 3.63) is 95.6 Å². The summed E-state index contributed by atoms with van der Waals surface area (Å²) in [6, 6.07) is 23.5. The van der Waals surface area contributed by atoms with Crippen molar-refractivity contribution in [1.82, 2.24) is 10.6 Å². The van der Waals surface area contributed by atoms with Crippen molar-refractivity contribution in [2.24, 2.45) is 0 Å². The molecule has 0 spiro atoms. The minimum absolute atomic E-state index is 0.0192. The molecule has 0 unspecified atom stereocenters. The number of amides is 3. The molecule has 3 aromatic carbocycles. The van der Waals surface area contributed by atoms with Gasteiger partial charge in [0.2, 0.25) is 5.91 Å². The number of nitrogens with one attached hydrogen (secondary N) is 4. The molecule has 3 aromatic rings. The van der Waals surface area contributed by atoms with Gasteiger partial charge in [0, 0.05) is 35.6 Å². The Balaban J connectivity index is 1.50. The molecule has 0 bridgehead atoms. The van der Waals surface area contributed by atoms with Gasteiger partial charge in [0.25, 0.3) is 11.8 Å². The van der Waals surface area contributed by atoms with Crippen LogP contribution in [0.25, 0.3) is 0 Å². The number of benzene rings is 3. The van der Waals surface area contributed by atoms with Gasteiger partial charge in [-0.25, -0.2) is 0 Å². The number of carbonyl (C=O) groups is 3. The molecule has 34 heavy (non-hydrogen) atoms. The van der Waals surface area contributed by atoms with E-state index in [0.717, 1.165) is 18.4 Å². The molecular formula is C27H30N4O3. The fraction of sp³-hybridized carbons (Fsp3) is 0.222. The van der Waals surface area contributed by atoms with Crippen molar-refractivity contribution in [3.63, 3.8) is 0 Å². The average molecular weight is 459 g/mol. The van der Waals surface area contributed by atoms with Crippen molar-refractivity contribution in [3.8, 4) is 0 Å². The first-order valence-corrected chi connectivity index (χ1v) is 11.4. The maximum Gasteiger partial charge on any atom is 0.251 e. The van der Waals surface area contributed by atoms with Crippen LogP contribution in [0.2, 0.25) is 0 Å². The quantitative estimate of drug-likeness (QED) is 0.324. The Kier molecular flexibility index (Phi) is 9.22. The molecule has 0 aromatic heterocycles. The van der Waals surface area contributed by atoms with Crippen molar-refractivity contribution < 1.29 is 14.4 Å². The average Bonchev–Trinajstić information content (AvgIpc) is 2.87. The number of rotatable bonds is 11. The molecule has 4 N–H and O–H groups in total. The second kappa shape index (κ2) is 12.8. The van der Waals surface area contributed by atoms with Crippen molar-refractivity contribution in [2.45, 2.75) is 26.3 Å². The molecule has 0 aliphatic carbocycles. The van der Waals surface area contributed by atoms with Gasteiger partial charge in [-0.2, -0.15) is 0 Å². The van der Waals surface area contributed by atoms with Crippen LogP contribution >= 0.6 is 0 Å². The van der Waals surface area contributed by atoms with Crippen LogP contribution in [0.3, 0.4) is 0 Å². The Morgan fingerprint density at radius 3 is 2.09 bits per heavy atom. The van der Waals surface area contributed by atoms with E-state index in [0.29, 0.717) is 35.6 Å². The highest BCUT2D eigenvalue weighted by Crippen LogP contribution is 2.13.